The van der Waals surface area contributed by atoms with E-state index >= 15 is 0 Å². The van der Waals surface area contributed by atoms with Crippen molar-refractivity contribution in [2.45, 2.75) is 50.9 Å². The monoisotopic (exact) mass is 679 g/mol. The standard InChI is InChI=1S/C34H45N7O6S/c1-38-16-18-39(19-17-38)34(43)26-10-14-40(15-11-26)48(44,45)37-33(42)28-22-29(47-23-24-12-20-46-21-13-24)30-31(25-6-5-7-25)36-41(32(30)35-28)27-8-3-2-4-9-27/h2-4,8-9,22,24-26H,5-7,10-21,23H2,1H3,(H,37,42). The number of aromatic nitrogens is 3. The van der Waals surface area contributed by atoms with E-state index in [0.29, 0.717) is 63.1 Å². The minimum absolute atomic E-state index is 0.0644. The molecule has 0 radical (unpaired) electrons. The second-order valence-electron chi connectivity index (χ2n) is 13.6. The van der Waals surface area contributed by atoms with E-state index in [9.17, 15) is 18.0 Å². The third-order valence-corrected chi connectivity index (χ3v) is 11.8. The predicted octanol–water partition coefficient (Wildman–Crippen LogP) is 2.95. The molecule has 4 aliphatic rings. The molecular weight excluding hydrogens is 634 g/mol. The number of hydrogen-bond acceptors (Lipinski definition) is 9. The zero-order chi connectivity index (χ0) is 33.3. The topological polar surface area (TPSA) is 139 Å². The minimum atomic E-state index is -4.19. The van der Waals surface area contributed by atoms with Gasteiger partial charge in [-0.05, 0) is 63.6 Å². The van der Waals surface area contributed by atoms with E-state index in [1.165, 1.54) is 4.31 Å². The van der Waals surface area contributed by atoms with Gasteiger partial charge in [0, 0.05) is 70.4 Å². The van der Waals surface area contributed by atoms with Crippen LogP contribution in [0.3, 0.4) is 0 Å². The molecule has 7 rings (SSSR count). The lowest BCUT2D eigenvalue weighted by molar-refractivity contribution is -0.138. The van der Waals surface area contributed by atoms with E-state index in [2.05, 4.69) is 9.62 Å². The van der Waals surface area contributed by atoms with Crippen LogP contribution in [0.5, 0.6) is 5.75 Å². The Kier molecular flexibility index (Phi) is 9.67. The molecule has 0 unspecified atom stereocenters. The van der Waals surface area contributed by atoms with Crippen LogP contribution in [0, 0.1) is 11.8 Å². The lowest BCUT2D eigenvalue weighted by atomic mass is 9.82. The molecule has 2 amide bonds. The molecule has 5 heterocycles. The maximum Gasteiger partial charge on any atom is 0.304 e. The lowest BCUT2D eigenvalue weighted by Crippen LogP contribution is -2.52. The van der Waals surface area contributed by atoms with Crippen LogP contribution in [0.25, 0.3) is 16.7 Å². The summed E-state index contributed by atoms with van der Waals surface area (Å²) in [5.74, 6) is 0.0816. The fourth-order valence-electron chi connectivity index (χ4n) is 7.04. The summed E-state index contributed by atoms with van der Waals surface area (Å²) in [6.45, 7) is 5.18. The van der Waals surface area contributed by atoms with Gasteiger partial charge in [-0.1, -0.05) is 24.6 Å². The van der Waals surface area contributed by atoms with Gasteiger partial charge in [-0.3, -0.25) is 9.59 Å². The maximum absolute atomic E-state index is 13.7. The van der Waals surface area contributed by atoms with Gasteiger partial charge in [0.25, 0.3) is 5.91 Å². The Hall–Kier alpha value is -3.59. The van der Waals surface area contributed by atoms with Crippen molar-refractivity contribution in [2.24, 2.45) is 11.8 Å². The van der Waals surface area contributed by atoms with E-state index < -0.39 is 16.1 Å². The molecule has 0 spiro atoms. The second kappa shape index (κ2) is 14.1. The quantitative estimate of drug-likeness (QED) is 0.362. The molecule has 4 fully saturated rings. The molecule has 13 nitrogen and oxygen atoms in total. The first-order valence-electron chi connectivity index (χ1n) is 17.3. The molecule has 14 heteroatoms. The van der Waals surface area contributed by atoms with Crippen LogP contribution in [-0.4, -0.2) is 115 Å². The highest BCUT2D eigenvalue weighted by atomic mass is 32.2. The van der Waals surface area contributed by atoms with Crippen molar-refractivity contribution in [3.8, 4) is 11.4 Å². The summed E-state index contributed by atoms with van der Waals surface area (Å²) in [5.41, 5.74) is 2.07. The van der Waals surface area contributed by atoms with Gasteiger partial charge < -0.3 is 19.3 Å². The molecule has 1 aliphatic carbocycles. The first-order chi connectivity index (χ1) is 23.3. The van der Waals surface area contributed by atoms with Gasteiger partial charge in [0.15, 0.2) is 5.65 Å². The summed E-state index contributed by atoms with van der Waals surface area (Å²) in [7, 11) is -2.15. The SMILES string of the molecule is CN1CCN(C(=O)C2CCN(S(=O)(=O)NC(=O)c3cc(OCC4CCOCC4)c4c(C5CCC5)nn(-c5ccccc5)c4n3)CC2)CC1. The highest BCUT2D eigenvalue weighted by Crippen LogP contribution is 2.42. The van der Waals surface area contributed by atoms with E-state index in [0.717, 1.165) is 62.0 Å². The number of likely N-dealkylation sites (N-methyl/N-ethyl adjacent to an activating group) is 1. The summed E-state index contributed by atoms with van der Waals surface area (Å²) in [5, 5.41) is 5.77. The Morgan fingerprint density at radius 2 is 1.67 bits per heavy atom. The lowest BCUT2D eigenvalue weighted by Gasteiger charge is -2.37. The number of pyridine rings is 1. The average Bonchev–Trinajstić information content (AvgIpc) is 3.46. The highest BCUT2D eigenvalue weighted by Gasteiger charge is 2.36. The zero-order valence-electron chi connectivity index (χ0n) is 27.6. The summed E-state index contributed by atoms with van der Waals surface area (Å²) < 4.78 is 44.2. The number of carbonyl (C=O) groups excluding carboxylic acids is 2. The van der Waals surface area contributed by atoms with Crippen LogP contribution in [0.1, 0.15) is 67.0 Å². The van der Waals surface area contributed by atoms with Crippen LogP contribution >= 0.6 is 0 Å². The normalized spacial score (nSPS) is 20.9. The van der Waals surface area contributed by atoms with E-state index in [4.69, 9.17) is 19.6 Å². The highest BCUT2D eigenvalue weighted by molar-refractivity contribution is 7.87. The fourth-order valence-corrected chi connectivity index (χ4v) is 8.20. The zero-order valence-corrected chi connectivity index (χ0v) is 28.4. The van der Waals surface area contributed by atoms with Crippen LogP contribution in [0.2, 0.25) is 0 Å². The molecule has 3 aromatic rings. The third kappa shape index (κ3) is 6.93. The van der Waals surface area contributed by atoms with Gasteiger partial charge in [0.2, 0.25) is 5.91 Å². The number of benzene rings is 1. The van der Waals surface area contributed by atoms with Crippen molar-refractivity contribution in [3.63, 3.8) is 0 Å². The molecule has 3 saturated heterocycles. The van der Waals surface area contributed by atoms with Gasteiger partial charge >= 0.3 is 10.2 Å². The molecule has 258 valence electrons. The molecule has 2 aromatic heterocycles. The van der Waals surface area contributed by atoms with Gasteiger partial charge in [-0.2, -0.15) is 17.8 Å². The van der Waals surface area contributed by atoms with Crippen molar-refractivity contribution in [3.05, 3.63) is 47.8 Å². The van der Waals surface area contributed by atoms with Gasteiger partial charge in [-0.15, -0.1) is 0 Å². The fraction of sp³-hybridized carbons (Fsp3) is 0.588. The summed E-state index contributed by atoms with van der Waals surface area (Å²) >= 11 is 0. The van der Waals surface area contributed by atoms with Crippen molar-refractivity contribution in [1.82, 2.24) is 33.6 Å². The Morgan fingerprint density at radius 1 is 0.958 bits per heavy atom. The van der Waals surface area contributed by atoms with Gasteiger partial charge in [-0.25, -0.2) is 14.4 Å². The number of para-hydroxylation sites is 1. The number of amides is 2. The van der Waals surface area contributed by atoms with E-state index in [1.807, 2.05) is 42.3 Å². The van der Waals surface area contributed by atoms with Crippen LogP contribution < -0.4 is 9.46 Å². The average molecular weight is 680 g/mol. The number of nitrogens with one attached hydrogen (secondary N) is 1. The van der Waals surface area contributed by atoms with Crippen molar-refractivity contribution in [2.75, 3.05) is 66.1 Å². The number of carbonyl (C=O) groups is 2. The number of hydrogen-bond donors (Lipinski definition) is 1. The molecule has 1 N–H and O–H groups in total. The number of nitrogens with zero attached hydrogens (tertiary/aromatic N) is 6. The summed E-state index contributed by atoms with van der Waals surface area (Å²) in [6.07, 6.45) is 5.74. The summed E-state index contributed by atoms with van der Waals surface area (Å²) in [4.78, 5) is 35.6. The third-order valence-electron chi connectivity index (χ3n) is 10.3. The van der Waals surface area contributed by atoms with E-state index in [1.54, 1.807) is 10.7 Å². The molecule has 1 saturated carbocycles. The smallest absolute Gasteiger partial charge is 0.304 e. The van der Waals surface area contributed by atoms with Gasteiger partial charge in [0.05, 0.1) is 23.4 Å². The first kappa shape index (κ1) is 32.9. The number of rotatable bonds is 9. The van der Waals surface area contributed by atoms with Crippen LogP contribution in [0.15, 0.2) is 36.4 Å². The molecule has 0 atom stereocenters. The first-order valence-corrected chi connectivity index (χ1v) is 18.7. The van der Waals surface area contributed by atoms with Gasteiger partial charge in [0.1, 0.15) is 11.4 Å². The van der Waals surface area contributed by atoms with Crippen molar-refractivity contribution < 1.29 is 27.5 Å². The molecule has 1 aromatic carbocycles. The Balaban J connectivity index is 1.13. The molecular formula is C34H45N7O6S. The number of ether oxygens (including phenoxy) is 2. The Labute approximate surface area is 281 Å². The largest absolute Gasteiger partial charge is 0.492 e. The second-order valence-corrected chi connectivity index (χ2v) is 15.2. The van der Waals surface area contributed by atoms with Crippen molar-refractivity contribution in [1.29, 1.82) is 0 Å². The number of piperazine rings is 1. The Bertz CT molecular complexity index is 1720. The predicted molar refractivity (Wildman–Crippen MR) is 179 cm³/mol. The maximum atomic E-state index is 13.7. The van der Waals surface area contributed by atoms with Crippen LogP contribution in [-0.2, 0) is 19.7 Å². The minimum Gasteiger partial charge on any atom is -0.492 e. The number of piperidine rings is 1. The summed E-state index contributed by atoms with van der Waals surface area (Å²) in [6, 6.07) is 11.2. The molecule has 0 bridgehead atoms. The molecule has 3 aliphatic heterocycles. The Morgan fingerprint density at radius 3 is 2.33 bits per heavy atom. The molecule has 48 heavy (non-hydrogen) atoms. The van der Waals surface area contributed by atoms with Crippen LogP contribution in [0.4, 0.5) is 0 Å². The van der Waals surface area contributed by atoms with Crippen molar-refractivity contribution >= 4 is 33.1 Å². The van der Waals surface area contributed by atoms with E-state index in [-0.39, 0.29) is 36.5 Å². The number of fused-ring (bicyclic) bond motifs is 1.